The van der Waals surface area contributed by atoms with Crippen LogP contribution in [0.15, 0.2) is 158 Å². The molecule has 4 heteroatoms. The summed E-state index contributed by atoms with van der Waals surface area (Å²) in [6.45, 7) is 4.26. The molecule has 10 rings (SSSR count). The average Bonchev–Trinajstić information content (AvgIpc) is 3.81. The van der Waals surface area contributed by atoms with Crippen LogP contribution >= 0.6 is 22.7 Å². The van der Waals surface area contributed by atoms with E-state index in [2.05, 4.69) is 159 Å². The Morgan fingerprint density at radius 2 is 0.696 bits per heavy atom. The topological polar surface area (TPSA) is 47.6 Å². The summed E-state index contributed by atoms with van der Waals surface area (Å²) in [6.07, 6.45) is 0. The summed E-state index contributed by atoms with van der Waals surface area (Å²) >= 11 is 3.66. The first kappa shape index (κ1) is 33.7. The van der Waals surface area contributed by atoms with Crippen molar-refractivity contribution in [2.45, 2.75) is 13.8 Å². The fourth-order valence-corrected chi connectivity index (χ4v) is 10.7. The lowest BCUT2D eigenvalue weighted by atomic mass is 9.90. The van der Waals surface area contributed by atoms with Crippen molar-refractivity contribution in [2.75, 3.05) is 0 Å². The number of aryl methyl sites for hydroxylation is 2. The summed E-state index contributed by atoms with van der Waals surface area (Å²) in [5.41, 5.74) is 14.0. The monoisotopic (exact) mass is 748 g/mol. The number of rotatable bonds is 5. The van der Waals surface area contributed by atoms with Gasteiger partial charge in [0.1, 0.15) is 0 Å². The molecule has 0 unspecified atom stereocenters. The largest absolute Gasteiger partial charge is 0.192 e. The van der Waals surface area contributed by atoms with E-state index in [4.69, 9.17) is 0 Å². The molecule has 0 saturated heterocycles. The highest BCUT2D eigenvalue weighted by atomic mass is 32.1. The first-order chi connectivity index (χ1) is 27.4. The van der Waals surface area contributed by atoms with Crippen LogP contribution in [0.3, 0.4) is 0 Å². The Kier molecular flexibility index (Phi) is 8.12. The fraction of sp³-hybridized carbons (Fsp3) is 0.0385. The number of hydrogen-bond acceptors (Lipinski definition) is 4. The third-order valence-corrected chi connectivity index (χ3v) is 13.1. The number of nitrogens with zero attached hydrogens (tertiary/aromatic N) is 2. The highest BCUT2D eigenvalue weighted by Crippen LogP contribution is 2.43. The van der Waals surface area contributed by atoms with E-state index in [0.29, 0.717) is 11.1 Å². The summed E-state index contributed by atoms with van der Waals surface area (Å²) in [4.78, 5) is 0. The van der Waals surface area contributed by atoms with Crippen molar-refractivity contribution in [3.63, 3.8) is 0 Å². The van der Waals surface area contributed by atoms with E-state index in [9.17, 15) is 10.5 Å². The van der Waals surface area contributed by atoms with Crippen molar-refractivity contribution in [3.8, 4) is 67.8 Å². The van der Waals surface area contributed by atoms with Gasteiger partial charge >= 0.3 is 0 Å². The van der Waals surface area contributed by atoms with Crippen LogP contribution in [-0.4, -0.2) is 0 Å². The van der Waals surface area contributed by atoms with Crippen molar-refractivity contribution < 1.29 is 0 Å². The molecule has 0 aliphatic carbocycles. The zero-order chi connectivity index (χ0) is 37.9. The Bertz CT molecular complexity index is 3090. The van der Waals surface area contributed by atoms with E-state index in [-0.39, 0.29) is 0 Å². The highest BCUT2D eigenvalue weighted by molar-refractivity contribution is 7.26. The molecule has 2 aromatic heterocycles. The second-order valence-electron chi connectivity index (χ2n) is 14.6. The lowest BCUT2D eigenvalue weighted by Gasteiger charge is -2.14. The van der Waals surface area contributed by atoms with E-state index in [1.807, 2.05) is 46.9 Å². The molecule has 0 radical (unpaired) electrons. The van der Waals surface area contributed by atoms with Crippen LogP contribution < -0.4 is 0 Å². The second kappa shape index (κ2) is 13.5. The fourth-order valence-electron chi connectivity index (χ4n) is 8.21. The zero-order valence-electron chi connectivity index (χ0n) is 30.7. The molecular weight excluding hydrogens is 717 g/mol. The quantitative estimate of drug-likeness (QED) is 0.176. The van der Waals surface area contributed by atoms with E-state index in [1.54, 1.807) is 0 Å². The molecule has 2 nitrogen and oxygen atoms in total. The third kappa shape index (κ3) is 5.85. The van der Waals surface area contributed by atoms with Gasteiger partial charge in [0.05, 0.1) is 23.3 Å². The average molecular weight is 749 g/mol. The van der Waals surface area contributed by atoms with Crippen molar-refractivity contribution in [3.05, 3.63) is 180 Å². The van der Waals surface area contributed by atoms with Crippen LogP contribution in [0.25, 0.3) is 96.0 Å². The van der Waals surface area contributed by atoms with E-state index < -0.39 is 0 Å². The van der Waals surface area contributed by atoms with Gasteiger partial charge in [-0.3, -0.25) is 0 Å². The van der Waals surface area contributed by atoms with Crippen molar-refractivity contribution in [1.82, 2.24) is 0 Å². The Hall–Kier alpha value is -6.82. The molecule has 56 heavy (non-hydrogen) atoms. The van der Waals surface area contributed by atoms with Crippen LogP contribution in [0.5, 0.6) is 0 Å². The molecule has 0 aliphatic heterocycles. The molecule has 0 saturated carbocycles. The number of benzene rings is 8. The maximum Gasteiger partial charge on any atom is 0.0992 e. The van der Waals surface area contributed by atoms with Crippen LogP contribution in [0.2, 0.25) is 0 Å². The summed E-state index contributed by atoms with van der Waals surface area (Å²) < 4.78 is 5.11. The van der Waals surface area contributed by atoms with Crippen LogP contribution in [0.1, 0.15) is 22.3 Å². The maximum absolute atomic E-state index is 10.3. The van der Waals surface area contributed by atoms with Gasteiger partial charge < -0.3 is 0 Å². The summed E-state index contributed by atoms with van der Waals surface area (Å²) in [5.74, 6) is 0. The summed E-state index contributed by atoms with van der Waals surface area (Å²) in [6, 6.07) is 60.7. The highest BCUT2D eigenvalue weighted by Gasteiger charge is 2.16. The predicted molar refractivity (Wildman–Crippen MR) is 238 cm³/mol. The van der Waals surface area contributed by atoms with E-state index in [1.165, 1.54) is 51.5 Å². The zero-order valence-corrected chi connectivity index (χ0v) is 32.4. The third-order valence-electron chi connectivity index (χ3n) is 10.7. The molecule has 0 spiro atoms. The smallest absolute Gasteiger partial charge is 0.0992 e. The molecule has 0 fully saturated rings. The first-order valence-corrected chi connectivity index (χ1v) is 20.2. The van der Waals surface area contributed by atoms with Gasteiger partial charge in [-0.2, -0.15) is 10.5 Å². The molecule has 0 aliphatic rings. The first-order valence-electron chi connectivity index (χ1n) is 18.6. The Labute approximate surface area is 333 Å². The summed E-state index contributed by atoms with van der Waals surface area (Å²) in [5, 5.41) is 25.7. The maximum atomic E-state index is 10.3. The van der Waals surface area contributed by atoms with Crippen molar-refractivity contribution in [1.29, 1.82) is 10.5 Å². The lowest BCUT2D eigenvalue weighted by Crippen LogP contribution is -1.90. The van der Waals surface area contributed by atoms with Gasteiger partial charge in [0, 0.05) is 40.3 Å². The summed E-state index contributed by atoms with van der Waals surface area (Å²) in [7, 11) is 0. The van der Waals surface area contributed by atoms with Gasteiger partial charge in [0.25, 0.3) is 0 Å². The van der Waals surface area contributed by atoms with Crippen LogP contribution in [0.4, 0.5) is 0 Å². The number of nitriles is 2. The second-order valence-corrected chi connectivity index (χ2v) is 16.7. The number of hydrogen-bond donors (Lipinski definition) is 0. The molecule has 2 heterocycles. The molecule has 0 amide bonds. The number of fused-ring (bicyclic) bond motifs is 6. The molecule has 10 aromatic rings. The minimum atomic E-state index is 0.574. The molecule has 0 atom stereocenters. The molecule has 0 N–H and O–H groups in total. The van der Waals surface area contributed by atoms with Crippen LogP contribution in [-0.2, 0) is 0 Å². The Morgan fingerprint density at radius 1 is 0.357 bits per heavy atom. The van der Waals surface area contributed by atoms with Crippen LogP contribution in [0, 0.1) is 36.5 Å². The number of thiophene rings is 2. The van der Waals surface area contributed by atoms with E-state index in [0.717, 1.165) is 55.6 Å². The van der Waals surface area contributed by atoms with Gasteiger partial charge in [-0.05, 0) is 141 Å². The Balaban J connectivity index is 1.08. The van der Waals surface area contributed by atoms with Gasteiger partial charge in [-0.25, -0.2) is 0 Å². The molecular formula is C52H32N2S2. The normalized spacial score (nSPS) is 11.4. The van der Waals surface area contributed by atoms with Crippen molar-refractivity contribution in [2.24, 2.45) is 0 Å². The molecule has 262 valence electrons. The Morgan fingerprint density at radius 3 is 1.11 bits per heavy atom. The van der Waals surface area contributed by atoms with Gasteiger partial charge in [0.2, 0.25) is 0 Å². The lowest BCUT2D eigenvalue weighted by molar-refractivity contribution is 1.44. The van der Waals surface area contributed by atoms with E-state index >= 15 is 0 Å². The predicted octanol–water partition coefficient (Wildman–Crippen LogP) is 15.1. The SMILES string of the molecule is Cc1cc(-c2cc(C#N)cc(-c3cc(C#N)cc(-c4cc(C)cc(-c5cccc6c5sc5ccccc56)c4)c3)c2)cc(-c2cccc3c2sc2ccccc23)c1. The standard InChI is InChI=1S/C52H32N2S2/c1-31-17-35(27-41(19-31)43-11-7-13-47-45-9-3-5-15-49(45)55-51(43)47)37-21-33(29-53)23-39(25-37)40-24-34(30-54)22-38(26-40)36-18-32(2)20-42(28-36)44-12-8-14-48-46-10-4-6-16-50(46)56-52(44)48/h3-28H,1-2H3. The van der Waals surface area contributed by atoms with Gasteiger partial charge in [-0.1, -0.05) is 97.1 Å². The molecule has 8 aromatic carbocycles. The van der Waals surface area contributed by atoms with Gasteiger partial charge in [0.15, 0.2) is 0 Å². The van der Waals surface area contributed by atoms with Crippen molar-refractivity contribution >= 4 is 63.0 Å². The molecule has 0 bridgehead atoms. The minimum Gasteiger partial charge on any atom is -0.192 e. The minimum absolute atomic E-state index is 0.574. The van der Waals surface area contributed by atoms with Gasteiger partial charge in [-0.15, -0.1) is 22.7 Å².